The summed E-state index contributed by atoms with van der Waals surface area (Å²) in [6.45, 7) is 4.02. The molecule has 0 aliphatic heterocycles. The Labute approximate surface area is 155 Å². The van der Waals surface area contributed by atoms with Crippen LogP contribution in [0.4, 0.5) is 0 Å². The largest absolute Gasteiger partial charge is 0.262 e. The van der Waals surface area contributed by atoms with Crippen LogP contribution in [0.5, 0.6) is 0 Å². The Morgan fingerprint density at radius 1 is 1.17 bits per heavy atom. The van der Waals surface area contributed by atoms with E-state index in [0.29, 0.717) is 10.8 Å². The standard InChI is InChI=1S/C15H12BrClN6S/c1-8-12(16)7-22(20-8)9(2)14-21-23-13(18-19-15(23)24-14)10-3-5-11(17)6-4-10/h3-7,9H,1-2H3/t9-/m0/s1. The zero-order valence-electron chi connectivity index (χ0n) is 12.8. The summed E-state index contributed by atoms with van der Waals surface area (Å²) < 4.78 is 4.65. The molecule has 24 heavy (non-hydrogen) atoms. The lowest BCUT2D eigenvalue weighted by Gasteiger charge is -2.07. The number of hydrogen-bond donors (Lipinski definition) is 0. The van der Waals surface area contributed by atoms with E-state index in [1.165, 1.54) is 11.3 Å². The molecule has 0 saturated carbocycles. The van der Waals surface area contributed by atoms with Crippen LogP contribution in [0, 0.1) is 6.92 Å². The molecular formula is C15H12BrClN6S. The first-order chi connectivity index (χ1) is 11.5. The molecule has 6 nitrogen and oxygen atoms in total. The van der Waals surface area contributed by atoms with E-state index in [2.05, 4.69) is 43.2 Å². The van der Waals surface area contributed by atoms with E-state index < -0.39 is 0 Å². The first kappa shape index (κ1) is 15.7. The van der Waals surface area contributed by atoms with Crippen LogP contribution in [0.25, 0.3) is 16.3 Å². The predicted molar refractivity (Wildman–Crippen MR) is 97.6 cm³/mol. The smallest absolute Gasteiger partial charge is 0.235 e. The number of benzene rings is 1. The molecule has 0 N–H and O–H groups in total. The minimum absolute atomic E-state index is 0.0137. The van der Waals surface area contributed by atoms with Gasteiger partial charge >= 0.3 is 0 Å². The number of halogens is 2. The normalized spacial score (nSPS) is 12.8. The number of nitrogens with zero attached hydrogens (tertiary/aromatic N) is 6. The van der Waals surface area contributed by atoms with Crippen molar-refractivity contribution in [3.63, 3.8) is 0 Å². The molecule has 0 unspecified atom stereocenters. The van der Waals surface area contributed by atoms with Gasteiger partial charge < -0.3 is 0 Å². The van der Waals surface area contributed by atoms with Crippen molar-refractivity contribution >= 4 is 43.8 Å². The monoisotopic (exact) mass is 422 g/mol. The minimum Gasteiger partial charge on any atom is -0.262 e. The van der Waals surface area contributed by atoms with Crippen molar-refractivity contribution in [3.05, 3.63) is 50.7 Å². The maximum Gasteiger partial charge on any atom is 0.235 e. The Morgan fingerprint density at radius 2 is 1.92 bits per heavy atom. The number of hydrogen-bond acceptors (Lipinski definition) is 5. The van der Waals surface area contributed by atoms with E-state index in [4.69, 9.17) is 11.6 Å². The molecule has 0 spiro atoms. The van der Waals surface area contributed by atoms with E-state index in [0.717, 1.165) is 25.7 Å². The Morgan fingerprint density at radius 3 is 2.58 bits per heavy atom. The van der Waals surface area contributed by atoms with E-state index in [1.807, 2.05) is 42.1 Å². The molecule has 0 bridgehead atoms. The summed E-state index contributed by atoms with van der Waals surface area (Å²) in [7, 11) is 0. The van der Waals surface area contributed by atoms with Crippen LogP contribution in [0.3, 0.4) is 0 Å². The molecule has 0 amide bonds. The van der Waals surface area contributed by atoms with Gasteiger partial charge in [-0.05, 0) is 54.0 Å². The van der Waals surface area contributed by atoms with Gasteiger partial charge in [0.25, 0.3) is 0 Å². The van der Waals surface area contributed by atoms with E-state index in [9.17, 15) is 0 Å². The first-order valence-corrected chi connectivity index (χ1v) is 9.21. The highest BCUT2D eigenvalue weighted by Gasteiger charge is 2.19. The Bertz CT molecular complexity index is 999. The summed E-state index contributed by atoms with van der Waals surface area (Å²) in [5, 5.41) is 19.3. The topological polar surface area (TPSA) is 60.9 Å². The Hall–Kier alpha value is -1.77. The van der Waals surface area contributed by atoms with Crippen molar-refractivity contribution < 1.29 is 0 Å². The summed E-state index contributed by atoms with van der Waals surface area (Å²) in [6.07, 6.45) is 1.96. The molecule has 4 aromatic rings. The molecule has 1 aromatic carbocycles. The maximum atomic E-state index is 5.95. The quantitative estimate of drug-likeness (QED) is 0.490. The molecule has 3 aromatic heterocycles. The van der Waals surface area contributed by atoms with Gasteiger partial charge in [-0.25, -0.2) is 0 Å². The zero-order chi connectivity index (χ0) is 16.8. The zero-order valence-corrected chi connectivity index (χ0v) is 16.0. The fraction of sp³-hybridized carbons (Fsp3) is 0.200. The van der Waals surface area contributed by atoms with Gasteiger partial charge in [0.05, 0.1) is 10.2 Å². The van der Waals surface area contributed by atoms with E-state index in [1.54, 1.807) is 4.52 Å². The summed E-state index contributed by atoms with van der Waals surface area (Å²) >= 11 is 11.0. The number of rotatable bonds is 3. The highest BCUT2D eigenvalue weighted by Crippen LogP contribution is 2.28. The van der Waals surface area contributed by atoms with Gasteiger partial charge in [-0.2, -0.15) is 14.7 Å². The summed E-state index contributed by atoms with van der Waals surface area (Å²) in [5.41, 5.74) is 1.88. The van der Waals surface area contributed by atoms with Crippen molar-refractivity contribution in [2.24, 2.45) is 0 Å². The molecule has 1 atom stereocenters. The molecule has 3 heterocycles. The van der Waals surface area contributed by atoms with Crippen molar-refractivity contribution in [2.75, 3.05) is 0 Å². The van der Waals surface area contributed by atoms with Gasteiger partial charge in [0, 0.05) is 16.8 Å². The highest BCUT2D eigenvalue weighted by atomic mass is 79.9. The Balaban J connectivity index is 1.75. The lowest BCUT2D eigenvalue weighted by Crippen LogP contribution is -2.08. The summed E-state index contributed by atoms with van der Waals surface area (Å²) in [5.74, 6) is 0.703. The van der Waals surface area contributed by atoms with Gasteiger partial charge in [0.1, 0.15) is 11.0 Å². The summed E-state index contributed by atoms with van der Waals surface area (Å²) in [4.78, 5) is 0.754. The molecule has 0 fully saturated rings. The second-order valence-electron chi connectivity index (χ2n) is 5.38. The number of fused-ring (bicyclic) bond motifs is 1. The molecule has 122 valence electrons. The van der Waals surface area contributed by atoms with Crippen molar-refractivity contribution in [1.29, 1.82) is 0 Å². The van der Waals surface area contributed by atoms with Crippen LogP contribution in [0.2, 0.25) is 5.02 Å². The second-order valence-corrected chi connectivity index (χ2v) is 7.66. The first-order valence-electron chi connectivity index (χ1n) is 7.22. The molecule has 9 heteroatoms. The van der Waals surface area contributed by atoms with Gasteiger partial charge in [0.2, 0.25) is 4.96 Å². The Kier molecular flexibility index (Phi) is 3.90. The lowest BCUT2D eigenvalue weighted by atomic mass is 10.2. The lowest BCUT2D eigenvalue weighted by molar-refractivity contribution is 0.551. The average Bonchev–Trinajstić information content (AvgIpc) is 3.23. The fourth-order valence-electron chi connectivity index (χ4n) is 2.35. The third-order valence-electron chi connectivity index (χ3n) is 3.72. The molecule has 4 rings (SSSR count). The average molecular weight is 424 g/mol. The van der Waals surface area contributed by atoms with Crippen LogP contribution in [-0.2, 0) is 0 Å². The van der Waals surface area contributed by atoms with Gasteiger partial charge in [0.15, 0.2) is 5.82 Å². The molecule has 0 saturated heterocycles. The third-order valence-corrected chi connectivity index (χ3v) is 5.82. The van der Waals surface area contributed by atoms with Crippen molar-refractivity contribution in [1.82, 2.24) is 29.6 Å². The predicted octanol–water partition coefficient (Wildman–Crippen LogP) is 4.38. The number of aryl methyl sites for hydroxylation is 1. The number of aromatic nitrogens is 6. The van der Waals surface area contributed by atoms with E-state index in [-0.39, 0.29) is 6.04 Å². The van der Waals surface area contributed by atoms with E-state index >= 15 is 0 Å². The van der Waals surface area contributed by atoms with Crippen LogP contribution < -0.4 is 0 Å². The SMILES string of the molecule is Cc1nn([C@@H](C)c2nn3c(-c4ccc(Cl)cc4)nnc3s2)cc1Br. The maximum absolute atomic E-state index is 5.95. The van der Waals surface area contributed by atoms with Gasteiger partial charge in [-0.15, -0.1) is 10.2 Å². The van der Waals surface area contributed by atoms with Gasteiger partial charge in [-0.3, -0.25) is 4.68 Å². The van der Waals surface area contributed by atoms with Crippen LogP contribution in [0.1, 0.15) is 23.7 Å². The van der Waals surface area contributed by atoms with Crippen molar-refractivity contribution in [3.8, 4) is 11.4 Å². The van der Waals surface area contributed by atoms with Crippen LogP contribution in [-0.4, -0.2) is 29.6 Å². The van der Waals surface area contributed by atoms with Crippen LogP contribution in [0.15, 0.2) is 34.9 Å². The molecule has 0 aliphatic rings. The highest BCUT2D eigenvalue weighted by molar-refractivity contribution is 9.10. The summed E-state index contributed by atoms with van der Waals surface area (Å²) in [6, 6.07) is 7.50. The minimum atomic E-state index is 0.0137. The van der Waals surface area contributed by atoms with Gasteiger partial charge in [-0.1, -0.05) is 22.9 Å². The molecule has 0 radical (unpaired) electrons. The second kappa shape index (κ2) is 5.94. The van der Waals surface area contributed by atoms with Crippen LogP contribution >= 0.6 is 38.9 Å². The molecular weight excluding hydrogens is 412 g/mol. The molecule has 0 aliphatic carbocycles. The third kappa shape index (κ3) is 2.64. The fourth-order valence-corrected chi connectivity index (χ4v) is 3.65. The van der Waals surface area contributed by atoms with Crippen molar-refractivity contribution in [2.45, 2.75) is 19.9 Å².